The summed E-state index contributed by atoms with van der Waals surface area (Å²) in [4.78, 5) is 19.2. The van der Waals surface area contributed by atoms with Crippen LogP contribution in [0.4, 0.5) is 0 Å². The summed E-state index contributed by atoms with van der Waals surface area (Å²) in [5.41, 5.74) is 5.95. The normalized spacial score (nSPS) is 11.3. The number of hydrogen-bond acceptors (Lipinski definition) is 4. The summed E-state index contributed by atoms with van der Waals surface area (Å²) in [6.07, 6.45) is 3.54. The van der Waals surface area contributed by atoms with Gasteiger partial charge in [0.2, 0.25) is 5.91 Å². The van der Waals surface area contributed by atoms with Crippen LogP contribution in [0.5, 0.6) is 0 Å². The first kappa shape index (κ1) is 21.2. The molecule has 4 rings (SSSR count). The maximum Gasteiger partial charge on any atom is 0.244 e. The van der Waals surface area contributed by atoms with Gasteiger partial charge in [-0.2, -0.15) is 10.2 Å². The van der Waals surface area contributed by atoms with Crippen molar-refractivity contribution in [3.8, 4) is 11.1 Å². The number of pyridine rings is 1. The van der Waals surface area contributed by atoms with Crippen molar-refractivity contribution < 1.29 is 4.79 Å². The van der Waals surface area contributed by atoms with Crippen LogP contribution >= 0.6 is 15.9 Å². The highest BCUT2D eigenvalue weighted by molar-refractivity contribution is 9.10. The first-order valence-electron chi connectivity index (χ1n) is 10.2. The Morgan fingerprint density at radius 3 is 2.74 bits per heavy atom. The number of nitrogens with zero attached hydrogens (tertiary/aromatic N) is 6. The van der Waals surface area contributed by atoms with Gasteiger partial charge in [0.05, 0.1) is 28.6 Å². The lowest BCUT2D eigenvalue weighted by atomic mass is 10.0. The Morgan fingerprint density at radius 1 is 1.19 bits per heavy atom. The van der Waals surface area contributed by atoms with Gasteiger partial charge in [-0.3, -0.25) is 9.48 Å². The Kier molecular flexibility index (Phi) is 5.91. The van der Waals surface area contributed by atoms with E-state index in [1.165, 1.54) is 5.56 Å². The van der Waals surface area contributed by atoms with Crippen molar-refractivity contribution in [2.75, 3.05) is 7.05 Å². The van der Waals surface area contributed by atoms with Gasteiger partial charge in [0.25, 0.3) is 0 Å². The SMILES string of the molecule is CCn1ncc(Br)c1CN(C)C(=O)Cn1nc(C)c2c(-c3cccc(C)c3)ccnc21. The van der Waals surface area contributed by atoms with Crippen molar-refractivity contribution in [2.45, 2.75) is 40.4 Å². The molecule has 0 aliphatic rings. The van der Waals surface area contributed by atoms with Crippen LogP contribution in [0.3, 0.4) is 0 Å². The molecule has 0 spiro atoms. The third-order valence-corrected chi connectivity index (χ3v) is 6.09. The van der Waals surface area contributed by atoms with Crippen molar-refractivity contribution >= 4 is 32.9 Å². The van der Waals surface area contributed by atoms with Crippen LogP contribution in [0.2, 0.25) is 0 Å². The standard InChI is InChI=1S/C23H25BrN6O/c1-5-29-20(19(24)12-26-29)13-28(4)21(31)14-30-23-22(16(3)27-30)18(9-10-25-23)17-8-6-7-15(2)11-17/h6-12H,5,13-14H2,1-4H3. The van der Waals surface area contributed by atoms with Crippen molar-refractivity contribution in [2.24, 2.45) is 0 Å². The lowest BCUT2D eigenvalue weighted by molar-refractivity contribution is -0.131. The third-order valence-electron chi connectivity index (χ3n) is 5.43. The van der Waals surface area contributed by atoms with E-state index in [-0.39, 0.29) is 12.5 Å². The molecule has 0 unspecified atom stereocenters. The molecule has 0 bridgehead atoms. The summed E-state index contributed by atoms with van der Waals surface area (Å²) in [5.74, 6) is -0.0390. The molecule has 0 saturated carbocycles. The van der Waals surface area contributed by atoms with Crippen LogP contribution in [0.1, 0.15) is 23.9 Å². The molecule has 0 fully saturated rings. The van der Waals surface area contributed by atoms with Crippen molar-refractivity contribution in [3.05, 3.63) is 64.1 Å². The van der Waals surface area contributed by atoms with Gasteiger partial charge in [0, 0.05) is 25.2 Å². The molecule has 0 atom stereocenters. The monoisotopic (exact) mass is 480 g/mol. The van der Waals surface area contributed by atoms with Crippen LogP contribution < -0.4 is 0 Å². The van der Waals surface area contributed by atoms with Gasteiger partial charge in [-0.05, 0) is 53.9 Å². The lowest BCUT2D eigenvalue weighted by Crippen LogP contribution is -2.31. The maximum atomic E-state index is 13.0. The largest absolute Gasteiger partial charge is 0.338 e. The Balaban J connectivity index is 1.62. The lowest BCUT2D eigenvalue weighted by Gasteiger charge is -2.18. The van der Waals surface area contributed by atoms with E-state index in [1.54, 1.807) is 29.0 Å². The molecule has 8 heteroatoms. The van der Waals surface area contributed by atoms with E-state index in [0.717, 1.165) is 44.6 Å². The average Bonchev–Trinajstić information content (AvgIpc) is 3.27. The predicted octanol–water partition coefficient (Wildman–Crippen LogP) is 4.35. The number of aryl methyl sites for hydroxylation is 3. The zero-order chi connectivity index (χ0) is 22.1. The smallest absolute Gasteiger partial charge is 0.244 e. The van der Waals surface area contributed by atoms with Crippen molar-refractivity contribution in [1.82, 2.24) is 29.4 Å². The fourth-order valence-electron chi connectivity index (χ4n) is 3.82. The highest BCUT2D eigenvalue weighted by Gasteiger charge is 2.19. The van der Waals surface area contributed by atoms with Gasteiger partial charge in [0.15, 0.2) is 5.65 Å². The van der Waals surface area contributed by atoms with Crippen molar-refractivity contribution in [1.29, 1.82) is 0 Å². The Hall–Kier alpha value is -3.00. The molecule has 160 valence electrons. The van der Waals surface area contributed by atoms with E-state index >= 15 is 0 Å². The fraction of sp³-hybridized carbons (Fsp3) is 0.304. The Labute approximate surface area is 189 Å². The van der Waals surface area contributed by atoms with Gasteiger partial charge in [-0.1, -0.05) is 29.8 Å². The van der Waals surface area contributed by atoms with Gasteiger partial charge >= 0.3 is 0 Å². The zero-order valence-electron chi connectivity index (χ0n) is 18.1. The minimum absolute atomic E-state index is 0.0390. The molecule has 1 aromatic carbocycles. The number of amides is 1. The topological polar surface area (TPSA) is 68.8 Å². The average molecular weight is 481 g/mol. The molecule has 4 aromatic rings. The van der Waals surface area contributed by atoms with Crippen LogP contribution in [-0.4, -0.2) is 42.4 Å². The predicted molar refractivity (Wildman–Crippen MR) is 125 cm³/mol. The first-order valence-corrected chi connectivity index (χ1v) is 11.0. The number of rotatable bonds is 6. The number of aromatic nitrogens is 5. The highest BCUT2D eigenvalue weighted by atomic mass is 79.9. The number of halogens is 1. The van der Waals surface area contributed by atoms with E-state index in [2.05, 4.69) is 56.2 Å². The van der Waals surface area contributed by atoms with E-state index in [9.17, 15) is 4.79 Å². The molecule has 7 nitrogen and oxygen atoms in total. The maximum absolute atomic E-state index is 13.0. The molecular formula is C23H25BrN6O. The first-order chi connectivity index (χ1) is 14.9. The second kappa shape index (κ2) is 8.63. The van der Waals surface area contributed by atoms with Gasteiger partial charge < -0.3 is 4.90 Å². The summed E-state index contributed by atoms with van der Waals surface area (Å²) in [6.45, 7) is 7.41. The van der Waals surface area contributed by atoms with Gasteiger partial charge in [-0.15, -0.1) is 0 Å². The molecular weight excluding hydrogens is 456 g/mol. The van der Waals surface area contributed by atoms with E-state index < -0.39 is 0 Å². The third kappa shape index (κ3) is 4.12. The molecule has 0 saturated heterocycles. The summed E-state index contributed by atoms with van der Waals surface area (Å²) < 4.78 is 4.49. The summed E-state index contributed by atoms with van der Waals surface area (Å²) in [5, 5.41) is 9.95. The second-order valence-electron chi connectivity index (χ2n) is 7.67. The number of carbonyl (C=O) groups excluding carboxylic acids is 1. The molecule has 0 N–H and O–H groups in total. The zero-order valence-corrected chi connectivity index (χ0v) is 19.7. The molecule has 0 aliphatic carbocycles. The van der Waals surface area contributed by atoms with E-state index in [4.69, 9.17) is 0 Å². The Morgan fingerprint density at radius 2 is 2.00 bits per heavy atom. The minimum atomic E-state index is -0.0390. The summed E-state index contributed by atoms with van der Waals surface area (Å²) >= 11 is 3.52. The van der Waals surface area contributed by atoms with Crippen LogP contribution in [0, 0.1) is 13.8 Å². The molecule has 31 heavy (non-hydrogen) atoms. The number of likely N-dealkylation sites (N-methyl/N-ethyl adjacent to an activating group) is 1. The Bertz CT molecular complexity index is 1260. The van der Waals surface area contributed by atoms with Crippen LogP contribution in [0.15, 0.2) is 47.2 Å². The fourth-order valence-corrected chi connectivity index (χ4v) is 4.25. The number of fused-ring (bicyclic) bond motifs is 1. The molecule has 0 aliphatic heterocycles. The number of hydrogen-bond donors (Lipinski definition) is 0. The van der Waals surface area contributed by atoms with E-state index in [1.807, 2.05) is 30.7 Å². The van der Waals surface area contributed by atoms with Crippen LogP contribution in [-0.2, 0) is 24.4 Å². The van der Waals surface area contributed by atoms with Crippen LogP contribution in [0.25, 0.3) is 22.2 Å². The number of carbonyl (C=O) groups is 1. The molecule has 3 heterocycles. The quantitative estimate of drug-likeness (QED) is 0.411. The van der Waals surface area contributed by atoms with Crippen molar-refractivity contribution in [3.63, 3.8) is 0 Å². The van der Waals surface area contributed by atoms with Gasteiger partial charge in [-0.25, -0.2) is 9.67 Å². The summed E-state index contributed by atoms with van der Waals surface area (Å²) in [7, 11) is 1.80. The number of benzene rings is 1. The molecule has 1 amide bonds. The second-order valence-corrected chi connectivity index (χ2v) is 8.53. The molecule has 0 radical (unpaired) electrons. The summed E-state index contributed by atoms with van der Waals surface area (Å²) in [6, 6.07) is 10.4. The molecule has 3 aromatic heterocycles. The highest BCUT2D eigenvalue weighted by Crippen LogP contribution is 2.30. The van der Waals surface area contributed by atoms with E-state index in [0.29, 0.717) is 6.54 Å². The van der Waals surface area contributed by atoms with Gasteiger partial charge in [0.1, 0.15) is 6.54 Å². The minimum Gasteiger partial charge on any atom is -0.338 e.